The Bertz CT molecular complexity index is 725. The summed E-state index contributed by atoms with van der Waals surface area (Å²) in [6.07, 6.45) is 0. The molecule has 1 fully saturated rings. The maximum atomic E-state index is 13.2. The van der Waals surface area contributed by atoms with Gasteiger partial charge in [-0.25, -0.2) is 4.39 Å². The van der Waals surface area contributed by atoms with E-state index in [4.69, 9.17) is 14.2 Å². The molecule has 1 saturated heterocycles. The second-order valence-electron chi connectivity index (χ2n) is 5.68. The van der Waals surface area contributed by atoms with E-state index in [-0.39, 0.29) is 17.8 Å². The van der Waals surface area contributed by atoms with Gasteiger partial charge in [0.1, 0.15) is 22.9 Å². The zero-order chi connectivity index (χ0) is 17.8. The van der Waals surface area contributed by atoms with Crippen molar-refractivity contribution < 1.29 is 23.4 Å². The fraction of sp³-hybridized carbons (Fsp3) is 0.316. The van der Waals surface area contributed by atoms with Crippen molar-refractivity contribution in [3.63, 3.8) is 0 Å². The molecule has 2 aromatic carbocycles. The van der Waals surface area contributed by atoms with Gasteiger partial charge in [-0.15, -0.1) is 0 Å². The SMILES string of the molecule is COc1cccc(OC)c1C(=O)N1CCOCC1c1ccc(F)cc1. The first-order valence-corrected chi connectivity index (χ1v) is 8.01. The number of nitrogens with zero attached hydrogens (tertiary/aromatic N) is 1. The number of carbonyl (C=O) groups is 1. The van der Waals surface area contributed by atoms with Crippen molar-refractivity contribution in [2.45, 2.75) is 6.04 Å². The summed E-state index contributed by atoms with van der Waals surface area (Å²) in [5.41, 5.74) is 1.20. The lowest BCUT2D eigenvalue weighted by molar-refractivity contribution is -0.00301. The number of ether oxygens (including phenoxy) is 3. The fourth-order valence-electron chi connectivity index (χ4n) is 3.01. The van der Waals surface area contributed by atoms with Crippen molar-refractivity contribution in [2.24, 2.45) is 0 Å². The Hall–Kier alpha value is -2.60. The number of methoxy groups -OCH3 is 2. The van der Waals surface area contributed by atoms with Crippen LogP contribution in [-0.2, 0) is 4.74 Å². The van der Waals surface area contributed by atoms with Gasteiger partial charge in [-0.1, -0.05) is 18.2 Å². The molecule has 25 heavy (non-hydrogen) atoms. The average molecular weight is 345 g/mol. The molecule has 0 spiro atoms. The quantitative estimate of drug-likeness (QED) is 0.855. The first-order valence-electron chi connectivity index (χ1n) is 8.01. The third-order valence-electron chi connectivity index (χ3n) is 4.29. The third kappa shape index (κ3) is 3.44. The normalized spacial score (nSPS) is 17.2. The smallest absolute Gasteiger partial charge is 0.262 e. The van der Waals surface area contributed by atoms with Gasteiger partial charge in [-0.2, -0.15) is 0 Å². The molecule has 2 aromatic rings. The summed E-state index contributed by atoms with van der Waals surface area (Å²) in [7, 11) is 3.03. The minimum atomic E-state index is -0.315. The Morgan fingerprint density at radius 2 is 1.76 bits per heavy atom. The number of benzene rings is 2. The van der Waals surface area contributed by atoms with Gasteiger partial charge >= 0.3 is 0 Å². The zero-order valence-electron chi connectivity index (χ0n) is 14.2. The molecule has 0 radical (unpaired) electrons. The standard InChI is InChI=1S/C19H20FNO4/c1-23-16-4-3-5-17(24-2)18(16)19(22)21-10-11-25-12-15(21)13-6-8-14(20)9-7-13/h3-9,15H,10-12H2,1-2H3. The summed E-state index contributed by atoms with van der Waals surface area (Å²) in [4.78, 5) is 15.0. The Morgan fingerprint density at radius 3 is 2.36 bits per heavy atom. The molecule has 0 saturated carbocycles. The summed E-state index contributed by atoms with van der Waals surface area (Å²) in [5, 5.41) is 0. The minimum absolute atomic E-state index is 0.202. The lowest BCUT2D eigenvalue weighted by atomic mass is 10.0. The number of hydrogen-bond acceptors (Lipinski definition) is 4. The van der Waals surface area contributed by atoms with Crippen LogP contribution in [0.25, 0.3) is 0 Å². The fourth-order valence-corrected chi connectivity index (χ4v) is 3.01. The van der Waals surface area contributed by atoms with E-state index in [0.29, 0.717) is 36.8 Å². The summed E-state index contributed by atoms with van der Waals surface area (Å²) in [5.74, 6) is 0.388. The average Bonchev–Trinajstić information content (AvgIpc) is 2.67. The maximum Gasteiger partial charge on any atom is 0.262 e. The van der Waals surface area contributed by atoms with Gasteiger partial charge in [-0.3, -0.25) is 4.79 Å². The molecule has 0 N–H and O–H groups in total. The molecule has 1 atom stereocenters. The Labute approximate surface area is 145 Å². The van der Waals surface area contributed by atoms with Crippen molar-refractivity contribution in [1.82, 2.24) is 4.90 Å². The molecule has 1 heterocycles. The third-order valence-corrected chi connectivity index (χ3v) is 4.29. The van der Waals surface area contributed by atoms with Crippen LogP contribution in [0.2, 0.25) is 0 Å². The van der Waals surface area contributed by atoms with Crippen LogP contribution in [0.1, 0.15) is 22.0 Å². The number of halogens is 1. The predicted octanol–water partition coefficient (Wildman–Crippen LogP) is 3.06. The predicted molar refractivity (Wildman–Crippen MR) is 90.5 cm³/mol. The number of carbonyl (C=O) groups excluding carboxylic acids is 1. The van der Waals surface area contributed by atoms with Crippen LogP contribution >= 0.6 is 0 Å². The van der Waals surface area contributed by atoms with Crippen LogP contribution in [0, 0.1) is 5.82 Å². The van der Waals surface area contributed by atoms with E-state index in [2.05, 4.69) is 0 Å². The van der Waals surface area contributed by atoms with Crippen molar-refractivity contribution in [1.29, 1.82) is 0 Å². The molecule has 5 nitrogen and oxygen atoms in total. The lowest BCUT2D eigenvalue weighted by Gasteiger charge is -2.36. The highest BCUT2D eigenvalue weighted by Crippen LogP contribution is 2.33. The van der Waals surface area contributed by atoms with E-state index in [1.807, 2.05) is 0 Å². The molecule has 132 valence electrons. The maximum absolute atomic E-state index is 13.2. The molecular formula is C19H20FNO4. The van der Waals surface area contributed by atoms with Crippen molar-refractivity contribution in [3.8, 4) is 11.5 Å². The van der Waals surface area contributed by atoms with Crippen LogP contribution in [0.5, 0.6) is 11.5 Å². The summed E-state index contributed by atoms with van der Waals surface area (Å²) < 4.78 is 29.5. The van der Waals surface area contributed by atoms with Crippen LogP contribution in [0.15, 0.2) is 42.5 Å². The van der Waals surface area contributed by atoms with E-state index >= 15 is 0 Å². The van der Waals surface area contributed by atoms with E-state index in [9.17, 15) is 9.18 Å². The molecule has 1 aliphatic rings. The summed E-state index contributed by atoms with van der Waals surface area (Å²) >= 11 is 0. The first kappa shape index (κ1) is 17.2. The van der Waals surface area contributed by atoms with E-state index < -0.39 is 0 Å². The highest BCUT2D eigenvalue weighted by Gasteiger charge is 2.32. The zero-order valence-corrected chi connectivity index (χ0v) is 14.2. The second-order valence-corrected chi connectivity index (χ2v) is 5.68. The Morgan fingerprint density at radius 1 is 1.12 bits per heavy atom. The Kier molecular flexibility index (Phi) is 5.19. The lowest BCUT2D eigenvalue weighted by Crippen LogP contribution is -2.43. The van der Waals surface area contributed by atoms with E-state index in [0.717, 1.165) is 5.56 Å². The number of hydrogen-bond donors (Lipinski definition) is 0. The van der Waals surface area contributed by atoms with Crippen LogP contribution in [-0.4, -0.2) is 44.8 Å². The number of rotatable bonds is 4. The Balaban J connectivity index is 1.98. The van der Waals surface area contributed by atoms with Gasteiger partial charge in [0.15, 0.2) is 0 Å². The van der Waals surface area contributed by atoms with Gasteiger partial charge in [0.05, 0.1) is 33.5 Å². The molecule has 0 bridgehead atoms. The number of amides is 1. The summed E-state index contributed by atoms with van der Waals surface area (Å²) in [6, 6.07) is 11.0. The van der Waals surface area contributed by atoms with Gasteiger partial charge in [0.25, 0.3) is 5.91 Å². The van der Waals surface area contributed by atoms with Crippen molar-refractivity contribution in [3.05, 3.63) is 59.4 Å². The van der Waals surface area contributed by atoms with Crippen molar-refractivity contribution >= 4 is 5.91 Å². The second kappa shape index (κ2) is 7.53. The first-order chi connectivity index (χ1) is 12.2. The van der Waals surface area contributed by atoms with Crippen LogP contribution < -0.4 is 9.47 Å². The monoisotopic (exact) mass is 345 g/mol. The van der Waals surface area contributed by atoms with Gasteiger partial charge in [-0.05, 0) is 29.8 Å². The molecule has 0 aromatic heterocycles. The van der Waals surface area contributed by atoms with E-state index in [1.165, 1.54) is 26.4 Å². The van der Waals surface area contributed by atoms with Gasteiger partial charge in [0, 0.05) is 6.54 Å². The van der Waals surface area contributed by atoms with Crippen LogP contribution in [0.4, 0.5) is 4.39 Å². The van der Waals surface area contributed by atoms with E-state index in [1.54, 1.807) is 35.2 Å². The van der Waals surface area contributed by atoms with Gasteiger partial charge in [0.2, 0.25) is 0 Å². The summed E-state index contributed by atoms with van der Waals surface area (Å²) in [6.45, 7) is 1.23. The molecular weight excluding hydrogens is 325 g/mol. The molecule has 0 aliphatic carbocycles. The minimum Gasteiger partial charge on any atom is -0.496 e. The topological polar surface area (TPSA) is 48.0 Å². The highest BCUT2D eigenvalue weighted by molar-refractivity contribution is 6.00. The largest absolute Gasteiger partial charge is 0.496 e. The molecule has 6 heteroatoms. The molecule has 3 rings (SSSR count). The molecule has 1 amide bonds. The highest BCUT2D eigenvalue weighted by atomic mass is 19.1. The number of morpholine rings is 1. The molecule has 1 aliphatic heterocycles. The van der Waals surface area contributed by atoms with Crippen LogP contribution in [0.3, 0.4) is 0 Å². The molecule has 1 unspecified atom stereocenters. The van der Waals surface area contributed by atoms with Gasteiger partial charge < -0.3 is 19.1 Å². The van der Waals surface area contributed by atoms with Crippen molar-refractivity contribution in [2.75, 3.05) is 34.0 Å².